The van der Waals surface area contributed by atoms with E-state index in [0.717, 1.165) is 19.3 Å². The van der Waals surface area contributed by atoms with E-state index in [0.29, 0.717) is 18.9 Å². The molecule has 3 rings (SSSR count). The molecule has 1 fully saturated rings. The van der Waals surface area contributed by atoms with Crippen LogP contribution in [0.2, 0.25) is 0 Å². The van der Waals surface area contributed by atoms with Crippen LogP contribution >= 0.6 is 0 Å². The lowest BCUT2D eigenvalue weighted by molar-refractivity contribution is -0.168. The first-order valence-corrected chi connectivity index (χ1v) is 13.2. The highest BCUT2D eigenvalue weighted by molar-refractivity contribution is 5.89. The van der Waals surface area contributed by atoms with Gasteiger partial charge in [-0.05, 0) is 68.9 Å². The molecule has 1 aromatic carbocycles. The quantitative estimate of drug-likeness (QED) is 0.326. The van der Waals surface area contributed by atoms with Gasteiger partial charge in [-0.25, -0.2) is 9.59 Å². The van der Waals surface area contributed by atoms with E-state index in [1.165, 1.54) is 5.56 Å². The van der Waals surface area contributed by atoms with Crippen molar-refractivity contribution < 1.29 is 19.1 Å². The number of rotatable bonds is 6. The summed E-state index contributed by atoms with van der Waals surface area (Å²) >= 11 is 0. The van der Waals surface area contributed by atoms with E-state index in [1.807, 2.05) is 39.0 Å². The van der Waals surface area contributed by atoms with E-state index < -0.39 is 17.2 Å². The molecule has 0 unspecified atom stereocenters. The van der Waals surface area contributed by atoms with Crippen molar-refractivity contribution in [2.45, 2.75) is 104 Å². The molecule has 0 spiro atoms. The minimum absolute atomic E-state index is 0.145. The van der Waals surface area contributed by atoms with E-state index in [9.17, 15) is 9.59 Å². The largest absolute Gasteiger partial charge is 0.460 e. The maximum absolute atomic E-state index is 14.0. The van der Waals surface area contributed by atoms with Crippen LogP contribution in [0.5, 0.6) is 0 Å². The molecule has 1 heterocycles. The van der Waals surface area contributed by atoms with Crippen molar-refractivity contribution in [3.05, 3.63) is 48.0 Å². The molecule has 0 bridgehead atoms. The minimum Gasteiger partial charge on any atom is -0.460 e. The first-order chi connectivity index (χ1) is 16.3. The van der Waals surface area contributed by atoms with E-state index >= 15 is 0 Å². The zero-order valence-corrected chi connectivity index (χ0v) is 23.0. The van der Waals surface area contributed by atoms with Gasteiger partial charge in [-0.1, -0.05) is 77.4 Å². The highest BCUT2D eigenvalue weighted by atomic mass is 16.6. The number of esters is 1. The predicted octanol–water partition coefficient (Wildman–Crippen LogP) is 6.90. The van der Waals surface area contributed by atoms with Gasteiger partial charge in [0, 0.05) is 12.5 Å². The maximum Gasteiger partial charge on any atom is 0.411 e. The summed E-state index contributed by atoms with van der Waals surface area (Å²) in [5.41, 5.74) is -0.669. The summed E-state index contributed by atoms with van der Waals surface area (Å²) in [5, 5.41) is 0. The number of amides is 1. The van der Waals surface area contributed by atoms with Crippen LogP contribution in [0, 0.1) is 17.8 Å². The summed E-state index contributed by atoms with van der Waals surface area (Å²) in [6.45, 7) is 16.8. The summed E-state index contributed by atoms with van der Waals surface area (Å²) in [5.74, 6) is 0.537. The van der Waals surface area contributed by atoms with Crippen LogP contribution in [0.25, 0.3) is 0 Å². The van der Waals surface area contributed by atoms with Crippen molar-refractivity contribution >= 4 is 12.1 Å². The minimum atomic E-state index is -1.14. The number of benzene rings is 1. The van der Waals surface area contributed by atoms with Gasteiger partial charge in [-0.3, -0.25) is 4.90 Å². The molecule has 0 aromatic heterocycles. The Balaban J connectivity index is 1.91. The lowest BCUT2D eigenvalue weighted by Gasteiger charge is -2.45. The Morgan fingerprint density at radius 2 is 1.74 bits per heavy atom. The Labute approximate surface area is 212 Å². The number of hydrogen-bond acceptors (Lipinski definition) is 4. The molecule has 5 heteroatoms. The Hall–Kier alpha value is -2.30. The monoisotopic (exact) mass is 483 g/mol. The lowest BCUT2D eigenvalue weighted by atomic mass is 9.64. The van der Waals surface area contributed by atoms with Crippen LogP contribution in [0.4, 0.5) is 4.79 Å². The Bertz CT molecular complexity index is 914. The van der Waals surface area contributed by atoms with E-state index in [1.54, 1.807) is 4.90 Å². The molecule has 0 radical (unpaired) electrons. The first kappa shape index (κ1) is 27.3. The molecule has 1 aromatic rings. The number of carbonyl (C=O) groups excluding carboxylic acids is 2. The first-order valence-electron chi connectivity index (χ1n) is 13.2. The standard InChI is InChI=1S/C30H45NO4/c1-21(2)20-30(17-12-18-31(30)27(33)35-28(4,5)6)26(32)34-25-19-22(3)15-16-24(25)29(7,8)23-13-10-9-11-14-23/h9-14,17,21-22,24-25H,15-16,18-20H2,1-8H3/t22-,24-,25-,30+/m1/s1. The zero-order valence-electron chi connectivity index (χ0n) is 23.0. The maximum atomic E-state index is 14.0. The third-order valence-electron chi connectivity index (χ3n) is 7.61. The summed E-state index contributed by atoms with van der Waals surface area (Å²) in [4.78, 5) is 28.8. The molecule has 2 aliphatic rings. The van der Waals surface area contributed by atoms with Gasteiger partial charge in [0.15, 0.2) is 5.54 Å². The molecular weight excluding hydrogens is 438 g/mol. The van der Waals surface area contributed by atoms with E-state index in [-0.39, 0.29) is 29.3 Å². The molecule has 1 saturated carbocycles. The second-order valence-corrected chi connectivity index (χ2v) is 12.6. The zero-order chi connectivity index (χ0) is 26.0. The molecule has 5 nitrogen and oxygen atoms in total. The number of nitrogens with zero attached hydrogens (tertiary/aromatic N) is 1. The molecular formula is C30H45NO4. The SMILES string of the molecule is CC(C)C[C@]1(C(=O)O[C@@H]2C[C@H](C)CC[C@H]2C(C)(C)c2ccccc2)C=CCN1C(=O)OC(C)(C)C. The molecule has 35 heavy (non-hydrogen) atoms. The molecule has 0 N–H and O–H groups in total. The smallest absolute Gasteiger partial charge is 0.411 e. The van der Waals surface area contributed by atoms with Crippen LogP contribution in [-0.2, 0) is 19.7 Å². The molecule has 194 valence electrons. The normalized spacial score (nSPS) is 27.2. The second kappa shape index (κ2) is 10.4. The van der Waals surface area contributed by atoms with E-state index in [2.05, 4.69) is 58.9 Å². The van der Waals surface area contributed by atoms with Crippen molar-refractivity contribution in [2.75, 3.05) is 6.54 Å². The summed E-state index contributed by atoms with van der Waals surface area (Å²) < 4.78 is 12.1. The van der Waals surface area contributed by atoms with Crippen molar-refractivity contribution in [1.29, 1.82) is 0 Å². The molecule has 1 amide bonds. The average Bonchev–Trinajstić information content (AvgIpc) is 3.17. The van der Waals surface area contributed by atoms with Crippen molar-refractivity contribution in [3.8, 4) is 0 Å². The molecule has 0 saturated heterocycles. The number of carbonyl (C=O) groups is 2. The number of ether oxygens (including phenoxy) is 2. The Morgan fingerprint density at radius 3 is 2.34 bits per heavy atom. The average molecular weight is 484 g/mol. The topological polar surface area (TPSA) is 55.8 Å². The van der Waals surface area contributed by atoms with Gasteiger partial charge >= 0.3 is 12.1 Å². The third kappa shape index (κ3) is 6.10. The van der Waals surface area contributed by atoms with Gasteiger partial charge in [-0.2, -0.15) is 0 Å². The second-order valence-electron chi connectivity index (χ2n) is 12.6. The van der Waals surface area contributed by atoms with Crippen molar-refractivity contribution in [1.82, 2.24) is 4.90 Å². The van der Waals surface area contributed by atoms with Crippen LogP contribution in [0.1, 0.15) is 86.6 Å². The van der Waals surface area contributed by atoms with Crippen molar-refractivity contribution in [3.63, 3.8) is 0 Å². The fourth-order valence-electron chi connectivity index (χ4n) is 5.83. The van der Waals surface area contributed by atoms with Crippen LogP contribution < -0.4 is 0 Å². The fraction of sp³-hybridized carbons (Fsp3) is 0.667. The fourth-order valence-corrected chi connectivity index (χ4v) is 5.83. The summed E-state index contributed by atoms with van der Waals surface area (Å²) in [6, 6.07) is 10.5. The van der Waals surface area contributed by atoms with Gasteiger partial charge in [0.1, 0.15) is 11.7 Å². The lowest BCUT2D eigenvalue weighted by Crippen LogP contribution is -2.57. The van der Waals surface area contributed by atoms with Gasteiger partial charge in [-0.15, -0.1) is 0 Å². The van der Waals surface area contributed by atoms with Gasteiger partial charge < -0.3 is 9.47 Å². The van der Waals surface area contributed by atoms with Crippen molar-refractivity contribution in [2.24, 2.45) is 17.8 Å². The third-order valence-corrected chi connectivity index (χ3v) is 7.61. The van der Waals surface area contributed by atoms with Crippen LogP contribution in [0.15, 0.2) is 42.5 Å². The Kier molecular flexibility index (Phi) is 8.08. The van der Waals surface area contributed by atoms with Gasteiger partial charge in [0.25, 0.3) is 0 Å². The van der Waals surface area contributed by atoms with Crippen LogP contribution in [-0.4, -0.2) is 40.8 Å². The molecule has 1 aliphatic heterocycles. The summed E-state index contributed by atoms with van der Waals surface area (Å²) in [7, 11) is 0. The van der Waals surface area contributed by atoms with E-state index in [4.69, 9.17) is 9.47 Å². The van der Waals surface area contributed by atoms with Crippen LogP contribution in [0.3, 0.4) is 0 Å². The Morgan fingerprint density at radius 1 is 1.09 bits per heavy atom. The molecule has 4 atom stereocenters. The highest BCUT2D eigenvalue weighted by Gasteiger charge is 2.52. The van der Waals surface area contributed by atoms with Gasteiger partial charge in [0.2, 0.25) is 0 Å². The highest BCUT2D eigenvalue weighted by Crippen LogP contribution is 2.44. The summed E-state index contributed by atoms with van der Waals surface area (Å²) in [6.07, 6.45) is 6.53. The number of hydrogen-bond donors (Lipinski definition) is 0. The predicted molar refractivity (Wildman–Crippen MR) is 140 cm³/mol. The molecule has 1 aliphatic carbocycles. The van der Waals surface area contributed by atoms with Gasteiger partial charge in [0.05, 0.1) is 0 Å².